The van der Waals surface area contributed by atoms with E-state index >= 15 is 0 Å². The van der Waals surface area contributed by atoms with Crippen LogP contribution < -0.4 is 5.32 Å². The molecule has 4 nitrogen and oxygen atoms in total. The monoisotopic (exact) mass is 317 g/mol. The van der Waals surface area contributed by atoms with Gasteiger partial charge in [-0.15, -0.1) is 0 Å². The van der Waals surface area contributed by atoms with E-state index in [1.807, 2.05) is 13.8 Å². The summed E-state index contributed by atoms with van der Waals surface area (Å²) in [7, 11) is 0. The van der Waals surface area contributed by atoms with Gasteiger partial charge in [-0.3, -0.25) is 9.48 Å². The van der Waals surface area contributed by atoms with E-state index in [9.17, 15) is 18.0 Å². The Kier molecular flexibility index (Phi) is 5.13. The second-order valence-corrected chi connectivity index (χ2v) is 5.75. The summed E-state index contributed by atoms with van der Waals surface area (Å²) in [5.41, 5.74) is -0.218. The molecule has 0 bridgehead atoms. The van der Waals surface area contributed by atoms with Gasteiger partial charge in [-0.2, -0.15) is 18.3 Å². The summed E-state index contributed by atoms with van der Waals surface area (Å²) in [4.78, 5) is 11.9. The number of aromatic nitrogens is 2. The largest absolute Gasteiger partial charge is 0.435 e. The average molecular weight is 317 g/mol. The number of nitrogens with one attached hydrogen (secondary N) is 1. The third kappa shape index (κ3) is 4.01. The minimum atomic E-state index is -4.42. The van der Waals surface area contributed by atoms with Crippen LogP contribution in [-0.2, 0) is 17.5 Å². The number of nitrogens with zero attached hydrogens (tertiary/aromatic N) is 2. The highest BCUT2D eigenvalue weighted by atomic mass is 19.4. The minimum absolute atomic E-state index is 0.0359. The lowest BCUT2D eigenvalue weighted by molar-refractivity contribution is -0.141. The molecular weight excluding hydrogens is 295 g/mol. The first-order valence-corrected chi connectivity index (χ1v) is 7.79. The number of alkyl halides is 3. The molecule has 1 N–H and O–H groups in total. The molecule has 0 aliphatic heterocycles. The summed E-state index contributed by atoms with van der Waals surface area (Å²) < 4.78 is 39.7. The zero-order chi connectivity index (χ0) is 16.3. The van der Waals surface area contributed by atoms with Gasteiger partial charge in [0.2, 0.25) is 5.91 Å². The van der Waals surface area contributed by atoms with Crippen molar-refractivity contribution in [1.29, 1.82) is 0 Å². The fourth-order valence-electron chi connectivity index (χ4n) is 2.55. The van der Waals surface area contributed by atoms with Crippen molar-refractivity contribution in [3.63, 3.8) is 0 Å². The summed E-state index contributed by atoms with van der Waals surface area (Å²) >= 11 is 0. The smallest absolute Gasteiger partial charge is 0.354 e. The van der Waals surface area contributed by atoms with Crippen LogP contribution in [0, 0.1) is 5.92 Å². The maximum atomic E-state index is 12.8. The Morgan fingerprint density at radius 1 is 1.41 bits per heavy atom. The van der Waals surface area contributed by atoms with E-state index in [0.29, 0.717) is 12.2 Å². The summed E-state index contributed by atoms with van der Waals surface area (Å²) in [5.74, 6) is 0.103. The van der Waals surface area contributed by atoms with E-state index in [1.165, 1.54) is 4.68 Å². The van der Waals surface area contributed by atoms with E-state index in [-0.39, 0.29) is 24.3 Å². The molecule has 0 saturated heterocycles. The predicted molar refractivity (Wildman–Crippen MR) is 76.3 cm³/mol. The standard InChI is InChI=1S/C15H22F3N3O/c1-3-10(4-2)14(22)19-7-8-21-12(11-5-6-11)9-13(20-21)15(16,17)18/h9-11H,3-8H2,1-2H3,(H,19,22). The third-order valence-corrected chi connectivity index (χ3v) is 4.08. The van der Waals surface area contributed by atoms with Crippen LogP contribution in [-0.4, -0.2) is 22.2 Å². The van der Waals surface area contributed by atoms with Gasteiger partial charge in [0.1, 0.15) is 0 Å². The second kappa shape index (κ2) is 6.71. The Morgan fingerprint density at radius 3 is 2.55 bits per heavy atom. The van der Waals surface area contributed by atoms with Gasteiger partial charge < -0.3 is 5.32 Å². The Labute approximate surface area is 128 Å². The molecule has 1 saturated carbocycles. The number of amides is 1. The number of rotatable bonds is 7. The van der Waals surface area contributed by atoms with Crippen molar-refractivity contribution in [3.8, 4) is 0 Å². The van der Waals surface area contributed by atoms with Gasteiger partial charge >= 0.3 is 6.18 Å². The molecule has 1 aliphatic rings. The number of carbonyl (C=O) groups is 1. The van der Waals surface area contributed by atoms with Crippen LogP contribution in [0.1, 0.15) is 56.8 Å². The first kappa shape index (κ1) is 16.8. The van der Waals surface area contributed by atoms with Gasteiger partial charge in [0.25, 0.3) is 0 Å². The van der Waals surface area contributed by atoms with Gasteiger partial charge in [0.15, 0.2) is 5.69 Å². The molecule has 22 heavy (non-hydrogen) atoms. The normalized spacial score (nSPS) is 15.4. The lowest BCUT2D eigenvalue weighted by atomic mass is 10.0. The predicted octanol–water partition coefficient (Wildman–Crippen LogP) is 3.33. The minimum Gasteiger partial charge on any atom is -0.354 e. The van der Waals surface area contributed by atoms with Gasteiger partial charge in [0.05, 0.1) is 6.54 Å². The SMILES string of the molecule is CCC(CC)C(=O)NCCn1nc(C(F)(F)F)cc1C1CC1. The van der Waals surface area contributed by atoms with Crippen molar-refractivity contribution in [2.45, 2.75) is 58.2 Å². The Balaban J connectivity index is 1.97. The average Bonchev–Trinajstić information content (AvgIpc) is 3.19. The van der Waals surface area contributed by atoms with Crippen LogP contribution in [0.3, 0.4) is 0 Å². The molecule has 0 radical (unpaired) electrons. The molecule has 0 aromatic carbocycles. The van der Waals surface area contributed by atoms with Crippen LogP contribution in [0.5, 0.6) is 0 Å². The molecule has 7 heteroatoms. The van der Waals surface area contributed by atoms with E-state index in [4.69, 9.17) is 0 Å². The first-order chi connectivity index (χ1) is 10.4. The fraction of sp³-hybridized carbons (Fsp3) is 0.733. The Bertz CT molecular complexity index is 517. The van der Waals surface area contributed by atoms with Crippen LogP contribution in [0.15, 0.2) is 6.07 Å². The van der Waals surface area contributed by atoms with E-state index in [2.05, 4.69) is 10.4 Å². The number of hydrogen-bond acceptors (Lipinski definition) is 2. The van der Waals surface area contributed by atoms with Crippen molar-refractivity contribution in [2.24, 2.45) is 5.92 Å². The topological polar surface area (TPSA) is 46.9 Å². The number of carbonyl (C=O) groups excluding carboxylic acids is 1. The molecule has 124 valence electrons. The van der Waals surface area contributed by atoms with Crippen LogP contribution in [0.25, 0.3) is 0 Å². The van der Waals surface area contributed by atoms with Crippen molar-refractivity contribution in [3.05, 3.63) is 17.5 Å². The Morgan fingerprint density at radius 2 is 2.05 bits per heavy atom. The lowest BCUT2D eigenvalue weighted by Crippen LogP contribution is -2.33. The van der Waals surface area contributed by atoms with Gasteiger partial charge in [-0.1, -0.05) is 13.8 Å². The highest BCUT2D eigenvalue weighted by Gasteiger charge is 2.37. The molecule has 0 spiro atoms. The molecular formula is C15H22F3N3O. The van der Waals surface area contributed by atoms with Crippen LogP contribution in [0.2, 0.25) is 0 Å². The molecule has 1 fully saturated rings. The summed E-state index contributed by atoms with van der Waals surface area (Å²) in [6, 6.07) is 1.14. The summed E-state index contributed by atoms with van der Waals surface area (Å²) in [6.45, 7) is 4.46. The van der Waals surface area contributed by atoms with E-state index < -0.39 is 11.9 Å². The Hall–Kier alpha value is -1.53. The van der Waals surface area contributed by atoms with Crippen molar-refractivity contribution < 1.29 is 18.0 Å². The van der Waals surface area contributed by atoms with Gasteiger partial charge in [-0.25, -0.2) is 0 Å². The molecule has 1 aromatic rings. The molecule has 0 atom stereocenters. The van der Waals surface area contributed by atoms with Gasteiger partial charge in [-0.05, 0) is 31.7 Å². The van der Waals surface area contributed by atoms with Crippen molar-refractivity contribution in [2.75, 3.05) is 6.54 Å². The zero-order valence-electron chi connectivity index (χ0n) is 12.9. The molecule has 0 unspecified atom stereocenters. The summed E-state index contributed by atoms with van der Waals surface area (Å²) in [5, 5.41) is 6.45. The maximum absolute atomic E-state index is 12.8. The molecule has 1 heterocycles. The maximum Gasteiger partial charge on any atom is 0.435 e. The highest BCUT2D eigenvalue weighted by molar-refractivity contribution is 5.78. The van der Waals surface area contributed by atoms with Crippen LogP contribution in [0.4, 0.5) is 13.2 Å². The molecule has 1 amide bonds. The quantitative estimate of drug-likeness (QED) is 0.838. The van der Waals surface area contributed by atoms with E-state index in [1.54, 1.807) is 0 Å². The number of halogens is 3. The number of hydrogen-bond donors (Lipinski definition) is 1. The summed E-state index contributed by atoms with van der Waals surface area (Å²) in [6.07, 6.45) is -1.09. The van der Waals surface area contributed by atoms with Crippen LogP contribution >= 0.6 is 0 Å². The zero-order valence-corrected chi connectivity index (χ0v) is 12.9. The van der Waals surface area contributed by atoms with Gasteiger partial charge in [0, 0.05) is 24.1 Å². The lowest BCUT2D eigenvalue weighted by Gasteiger charge is -2.13. The highest BCUT2D eigenvalue weighted by Crippen LogP contribution is 2.42. The third-order valence-electron chi connectivity index (χ3n) is 4.08. The molecule has 1 aliphatic carbocycles. The first-order valence-electron chi connectivity index (χ1n) is 7.79. The van der Waals surface area contributed by atoms with Crippen molar-refractivity contribution in [1.82, 2.24) is 15.1 Å². The fourth-order valence-corrected chi connectivity index (χ4v) is 2.55. The van der Waals surface area contributed by atoms with E-state index in [0.717, 1.165) is 31.7 Å². The second-order valence-electron chi connectivity index (χ2n) is 5.75. The van der Waals surface area contributed by atoms with Crippen molar-refractivity contribution >= 4 is 5.91 Å². The molecule has 1 aromatic heterocycles. The molecule has 2 rings (SSSR count).